The summed E-state index contributed by atoms with van der Waals surface area (Å²) in [6.07, 6.45) is -4.69. The van der Waals surface area contributed by atoms with Gasteiger partial charge in [0.05, 0.1) is 0 Å². The van der Waals surface area contributed by atoms with Crippen LogP contribution in [0.3, 0.4) is 0 Å². The van der Waals surface area contributed by atoms with Crippen LogP contribution >= 0.6 is 0 Å². The molecule has 0 amide bonds. The van der Waals surface area contributed by atoms with Crippen molar-refractivity contribution in [1.29, 1.82) is 0 Å². The molecule has 0 aliphatic carbocycles. The van der Waals surface area contributed by atoms with Gasteiger partial charge in [0.1, 0.15) is 5.75 Å². The maximum absolute atomic E-state index is 12.6. The zero-order valence-electron chi connectivity index (χ0n) is 14.8. The predicted molar refractivity (Wildman–Crippen MR) is 100 cm³/mol. The van der Waals surface area contributed by atoms with E-state index >= 15 is 0 Å². The fraction of sp³-hybridized carbons (Fsp3) is 0.238. The Hall–Kier alpha value is -2.73. The van der Waals surface area contributed by atoms with Crippen molar-refractivity contribution in [3.8, 4) is 5.75 Å². The zero-order chi connectivity index (χ0) is 19.0. The van der Waals surface area contributed by atoms with Crippen LogP contribution in [-0.4, -0.2) is 31.4 Å². The van der Waals surface area contributed by atoms with Crippen LogP contribution in [0.2, 0.25) is 0 Å². The van der Waals surface area contributed by atoms with E-state index in [1.54, 1.807) is 6.07 Å². The lowest BCUT2D eigenvalue weighted by atomic mass is 10.1. The third-order valence-electron chi connectivity index (χ3n) is 4.77. The van der Waals surface area contributed by atoms with Gasteiger partial charge >= 0.3 is 6.36 Å². The summed E-state index contributed by atoms with van der Waals surface area (Å²) in [5, 5.41) is 2.29. The first-order valence-electron chi connectivity index (χ1n) is 8.73. The second-order valence-corrected chi connectivity index (χ2v) is 6.76. The van der Waals surface area contributed by atoms with Gasteiger partial charge in [-0.05, 0) is 53.7 Å². The SMILES string of the molecule is CN1CCN(c2ccc3ccccc3c2)c2ccc(OC(F)(F)F)cc2C1. The first-order chi connectivity index (χ1) is 12.9. The van der Waals surface area contributed by atoms with Crippen molar-refractivity contribution in [2.75, 3.05) is 25.0 Å². The smallest absolute Gasteiger partial charge is 0.406 e. The van der Waals surface area contributed by atoms with Crippen molar-refractivity contribution >= 4 is 22.1 Å². The molecule has 0 saturated carbocycles. The van der Waals surface area contributed by atoms with E-state index < -0.39 is 6.36 Å². The Kier molecular flexibility index (Phi) is 4.44. The van der Waals surface area contributed by atoms with Crippen LogP contribution in [0.4, 0.5) is 24.5 Å². The van der Waals surface area contributed by atoms with E-state index in [1.807, 2.05) is 19.2 Å². The van der Waals surface area contributed by atoms with E-state index in [9.17, 15) is 13.2 Å². The molecule has 0 saturated heterocycles. The van der Waals surface area contributed by atoms with Gasteiger partial charge in [0.15, 0.2) is 0 Å². The Morgan fingerprint density at radius 2 is 1.67 bits per heavy atom. The van der Waals surface area contributed by atoms with Crippen molar-refractivity contribution in [3.63, 3.8) is 0 Å². The number of likely N-dealkylation sites (N-methyl/N-ethyl adjacent to an activating group) is 1. The van der Waals surface area contributed by atoms with Crippen LogP contribution in [0, 0.1) is 0 Å². The number of benzene rings is 3. The summed E-state index contributed by atoms with van der Waals surface area (Å²) >= 11 is 0. The van der Waals surface area contributed by atoms with Gasteiger partial charge < -0.3 is 14.5 Å². The van der Waals surface area contributed by atoms with E-state index in [2.05, 4.69) is 44.9 Å². The number of alkyl halides is 3. The van der Waals surface area contributed by atoms with Crippen LogP contribution in [-0.2, 0) is 6.54 Å². The van der Waals surface area contributed by atoms with Gasteiger partial charge in [0, 0.05) is 31.0 Å². The normalized spacial score (nSPS) is 15.5. The van der Waals surface area contributed by atoms with Crippen molar-refractivity contribution in [1.82, 2.24) is 4.90 Å². The lowest BCUT2D eigenvalue weighted by Gasteiger charge is -2.25. The summed E-state index contributed by atoms with van der Waals surface area (Å²) in [5.74, 6) is -0.185. The van der Waals surface area contributed by atoms with Crippen LogP contribution in [0.25, 0.3) is 10.8 Å². The Bertz CT molecular complexity index is 971. The van der Waals surface area contributed by atoms with Crippen LogP contribution in [0.5, 0.6) is 5.75 Å². The van der Waals surface area contributed by atoms with E-state index in [4.69, 9.17) is 0 Å². The minimum atomic E-state index is -4.69. The van der Waals surface area contributed by atoms with Crippen LogP contribution < -0.4 is 9.64 Å². The molecule has 27 heavy (non-hydrogen) atoms. The van der Waals surface area contributed by atoms with Gasteiger partial charge in [0.25, 0.3) is 0 Å². The third-order valence-corrected chi connectivity index (χ3v) is 4.77. The Morgan fingerprint density at radius 1 is 0.889 bits per heavy atom. The maximum Gasteiger partial charge on any atom is 0.573 e. The summed E-state index contributed by atoms with van der Waals surface area (Å²) in [5.41, 5.74) is 2.74. The summed E-state index contributed by atoms with van der Waals surface area (Å²) in [6, 6.07) is 18.9. The first kappa shape index (κ1) is 17.7. The summed E-state index contributed by atoms with van der Waals surface area (Å²) in [6.45, 7) is 2.12. The molecular formula is C21H19F3N2O. The molecule has 0 N–H and O–H groups in total. The molecule has 1 heterocycles. The van der Waals surface area contributed by atoms with Gasteiger partial charge in [0.2, 0.25) is 0 Å². The standard InChI is InChI=1S/C21H19F3N2O/c1-25-10-11-26(18-7-6-15-4-2-3-5-16(15)12-18)20-9-8-19(13-17(20)14-25)27-21(22,23)24/h2-9,12-13H,10-11,14H2,1H3. The average Bonchev–Trinajstić information content (AvgIpc) is 2.77. The van der Waals surface area contributed by atoms with Gasteiger partial charge in [-0.2, -0.15) is 0 Å². The fourth-order valence-corrected chi connectivity index (χ4v) is 3.52. The molecule has 6 heteroatoms. The summed E-state index contributed by atoms with van der Waals surface area (Å²) in [4.78, 5) is 4.25. The Morgan fingerprint density at radius 3 is 2.44 bits per heavy atom. The van der Waals surface area contributed by atoms with Gasteiger partial charge in [-0.25, -0.2) is 0 Å². The van der Waals surface area contributed by atoms with Gasteiger partial charge in [-0.1, -0.05) is 30.3 Å². The molecule has 1 aliphatic rings. The van der Waals surface area contributed by atoms with Gasteiger partial charge in [-0.15, -0.1) is 13.2 Å². The monoisotopic (exact) mass is 372 g/mol. The highest BCUT2D eigenvalue weighted by Crippen LogP contribution is 2.36. The lowest BCUT2D eigenvalue weighted by Crippen LogP contribution is -2.26. The molecule has 4 rings (SSSR count). The maximum atomic E-state index is 12.6. The number of ether oxygens (including phenoxy) is 1. The number of hydrogen-bond donors (Lipinski definition) is 0. The molecule has 0 unspecified atom stereocenters. The number of nitrogens with zero attached hydrogens (tertiary/aromatic N) is 2. The molecule has 1 aliphatic heterocycles. The Balaban J connectivity index is 1.75. The molecule has 0 aromatic heterocycles. The topological polar surface area (TPSA) is 15.7 Å². The first-order valence-corrected chi connectivity index (χ1v) is 8.73. The highest BCUT2D eigenvalue weighted by atomic mass is 19.4. The molecule has 0 spiro atoms. The molecule has 140 valence electrons. The van der Waals surface area contributed by atoms with Crippen molar-refractivity contribution < 1.29 is 17.9 Å². The van der Waals surface area contributed by atoms with E-state index in [-0.39, 0.29) is 5.75 Å². The zero-order valence-corrected chi connectivity index (χ0v) is 14.8. The molecule has 0 bridgehead atoms. The van der Waals surface area contributed by atoms with Gasteiger partial charge in [-0.3, -0.25) is 0 Å². The average molecular weight is 372 g/mol. The molecule has 0 radical (unpaired) electrons. The number of hydrogen-bond acceptors (Lipinski definition) is 3. The van der Waals surface area contributed by atoms with E-state index in [0.29, 0.717) is 6.54 Å². The highest BCUT2D eigenvalue weighted by molar-refractivity contribution is 5.87. The fourth-order valence-electron chi connectivity index (χ4n) is 3.52. The second kappa shape index (κ2) is 6.78. The molecular weight excluding hydrogens is 353 g/mol. The predicted octanol–water partition coefficient (Wildman–Crippen LogP) is 5.32. The van der Waals surface area contributed by atoms with E-state index in [1.165, 1.54) is 12.1 Å². The molecule has 3 nitrogen and oxygen atoms in total. The Labute approximate surface area is 155 Å². The molecule has 0 fully saturated rings. The highest BCUT2D eigenvalue weighted by Gasteiger charge is 2.31. The minimum absolute atomic E-state index is 0.185. The molecule has 3 aromatic carbocycles. The largest absolute Gasteiger partial charge is 0.573 e. The lowest BCUT2D eigenvalue weighted by molar-refractivity contribution is -0.274. The number of halogens is 3. The summed E-state index contributed by atoms with van der Waals surface area (Å²) < 4.78 is 41.8. The molecule has 0 atom stereocenters. The number of rotatable bonds is 2. The third kappa shape index (κ3) is 3.85. The molecule has 3 aromatic rings. The van der Waals surface area contributed by atoms with Crippen LogP contribution in [0.1, 0.15) is 5.56 Å². The summed E-state index contributed by atoms with van der Waals surface area (Å²) in [7, 11) is 1.96. The van der Waals surface area contributed by atoms with Crippen molar-refractivity contribution in [3.05, 3.63) is 66.2 Å². The minimum Gasteiger partial charge on any atom is -0.406 e. The second-order valence-electron chi connectivity index (χ2n) is 6.76. The number of anilines is 2. The van der Waals surface area contributed by atoms with E-state index in [0.717, 1.165) is 40.8 Å². The van der Waals surface area contributed by atoms with Crippen LogP contribution in [0.15, 0.2) is 60.7 Å². The quantitative estimate of drug-likeness (QED) is 0.605. The number of fused-ring (bicyclic) bond motifs is 2. The van der Waals surface area contributed by atoms with Crippen molar-refractivity contribution in [2.24, 2.45) is 0 Å². The van der Waals surface area contributed by atoms with Crippen molar-refractivity contribution in [2.45, 2.75) is 12.9 Å².